The lowest BCUT2D eigenvalue weighted by Gasteiger charge is -2.00. The molecule has 0 aliphatic rings. The number of aliphatic hydroxyl groups excluding tert-OH is 1. The van der Waals surface area contributed by atoms with Crippen molar-refractivity contribution in [3.8, 4) is 0 Å². The molecule has 15 heavy (non-hydrogen) atoms. The summed E-state index contributed by atoms with van der Waals surface area (Å²) in [4.78, 5) is 0. The van der Waals surface area contributed by atoms with Crippen LogP contribution in [-0.4, -0.2) is 11.7 Å². The van der Waals surface area contributed by atoms with Crippen LogP contribution >= 0.6 is 0 Å². The van der Waals surface area contributed by atoms with Gasteiger partial charge in [0.05, 0.1) is 6.61 Å². The van der Waals surface area contributed by atoms with Gasteiger partial charge < -0.3 is 5.11 Å². The minimum Gasteiger partial charge on any atom is -0.392 e. The predicted molar refractivity (Wildman–Crippen MR) is 64.8 cm³/mol. The zero-order chi connectivity index (χ0) is 10.8. The molecule has 0 saturated carbocycles. The van der Waals surface area contributed by atoms with Crippen molar-refractivity contribution in [2.24, 2.45) is 0 Å². The number of allylic oxidation sites excluding steroid dienone is 1. The van der Waals surface area contributed by atoms with E-state index in [1.165, 1.54) is 31.2 Å². The SMILES string of the molecule is OC/C=C/CCCCCc1ccccc1. The van der Waals surface area contributed by atoms with Crippen LogP contribution in [0.3, 0.4) is 0 Å². The molecule has 1 N–H and O–H groups in total. The Morgan fingerprint density at radius 2 is 1.73 bits per heavy atom. The topological polar surface area (TPSA) is 20.2 Å². The second-order valence-electron chi connectivity index (χ2n) is 3.74. The Bertz CT molecular complexity index is 264. The van der Waals surface area contributed by atoms with E-state index in [0.717, 1.165) is 6.42 Å². The van der Waals surface area contributed by atoms with E-state index >= 15 is 0 Å². The highest BCUT2D eigenvalue weighted by Gasteiger charge is 1.91. The van der Waals surface area contributed by atoms with Crippen molar-refractivity contribution in [2.75, 3.05) is 6.61 Å². The van der Waals surface area contributed by atoms with E-state index in [1.807, 2.05) is 6.08 Å². The smallest absolute Gasteiger partial charge is 0.0612 e. The van der Waals surface area contributed by atoms with Gasteiger partial charge in [-0.25, -0.2) is 0 Å². The summed E-state index contributed by atoms with van der Waals surface area (Å²) >= 11 is 0. The number of benzene rings is 1. The van der Waals surface area contributed by atoms with Crippen molar-refractivity contribution in [1.82, 2.24) is 0 Å². The van der Waals surface area contributed by atoms with Crippen molar-refractivity contribution < 1.29 is 5.11 Å². The Balaban J connectivity index is 2.00. The summed E-state index contributed by atoms with van der Waals surface area (Å²) in [7, 11) is 0. The minimum absolute atomic E-state index is 0.171. The molecule has 1 aromatic carbocycles. The summed E-state index contributed by atoms with van der Waals surface area (Å²) in [5, 5.41) is 8.53. The maximum atomic E-state index is 8.53. The number of unbranched alkanes of at least 4 members (excludes halogenated alkanes) is 3. The van der Waals surface area contributed by atoms with Gasteiger partial charge >= 0.3 is 0 Å². The molecule has 0 spiro atoms. The van der Waals surface area contributed by atoms with Gasteiger partial charge in [0.25, 0.3) is 0 Å². The van der Waals surface area contributed by atoms with E-state index in [9.17, 15) is 0 Å². The van der Waals surface area contributed by atoms with Crippen molar-refractivity contribution in [2.45, 2.75) is 32.1 Å². The molecule has 0 aliphatic heterocycles. The third-order valence-electron chi connectivity index (χ3n) is 2.45. The molecular weight excluding hydrogens is 184 g/mol. The summed E-state index contributed by atoms with van der Waals surface area (Å²) in [6, 6.07) is 10.6. The van der Waals surface area contributed by atoms with Gasteiger partial charge in [-0.2, -0.15) is 0 Å². The standard InChI is InChI=1S/C14H20O/c15-13-9-4-2-1-3-6-10-14-11-7-5-8-12-14/h4-5,7-9,11-12,15H,1-3,6,10,13H2/b9-4+. The third kappa shape index (κ3) is 6.08. The first-order valence-corrected chi connectivity index (χ1v) is 5.73. The highest BCUT2D eigenvalue weighted by Crippen LogP contribution is 2.07. The summed E-state index contributed by atoms with van der Waals surface area (Å²) in [5.74, 6) is 0. The van der Waals surface area contributed by atoms with Gasteiger partial charge in [0, 0.05) is 0 Å². The van der Waals surface area contributed by atoms with E-state index in [1.54, 1.807) is 0 Å². The molecule has 0 amide bonds. The summed E-state index contributed by atoms with van der Waals surface area (Å²) in [6.45, 7) is 0.171. The van der Waals surface area contributed by atoms with Gasteiger partial charge in [-0.15, -0.1) is 0 Å². The number of aliphatic hydroxyl groups is 1. The molecule has 0 radical (unpaired) electrons. The zero-order valence-corrected chi connectivity index (χ0v) is 9.23. The maximum Gasteiger partial charge on any atom is 0.0612 e. The molecule has 0 unspecified atom stereocenters. The minimum atomic E-state index is 0.171. The van der Waals surface area contributed by atoms with Gasteiger partial charge in [-0.3, -0.25) is 0 Å². The fraction of sp³-hybridized carbons (Fsp3) is 0.429. The first-order chi connectivity index (χ1) is 7.43. The summed E-state index contributed by atoms with van der Waals surface area (Å²) in [5.41, 5.74) is 1.43. The number of rotatable bonds is 7. The van der Waals surface area contributed by atoms with Gasteiger partial charge in [0.1, 0.15) is 0 Å². The molecule has 1 aromatic rings. The van der Waals surface area contributed by atoms with E-state index in [-0.39, 0.29) is 6.61 Å². The Kier molecular flexibility index (Phi) is 6.59. The summed E-state index contributed by atoms with van der Waals surface area (Å²) in [6.07, 6.45) is 9.91. The fourth-order valence-electron chi connectivity index (χ4n) is 1.61. The highest BCUT2D eigenvalue weighted by molar-refractivity contribution is 5.14. The van der Waals surface area contributed by atoms with Crippen molar-refractivity contribution >= 4 is 0 Å². The average Bonchev–Trinajstić information content (AvgIpc) is 2.29. The van der Waals surface area contributed by atoms with E-state index < -0.39 is 0 Å². The van der Waals surface area contributed by atoms with Gasteiger partial charge in [-0.05, 0) is 31.2 Å². The molecule has 0 aliphatic carbocycles. The second-order valence-corrected chi connectivity index (χ2v) is 3.74. The van der Waals surface area contributed by atoms with Crippen LogP contribution in [0.1, 0.15) is 31.2 Å². The van der Waals surface area contributed by atoms with E-state index in [0.29, 0.717) is 0 Å². The largest absolute Gasteiger partial charge is 0.392 e. The Morgan fingerprint density at radius 3 is 2.47 bits per heavy atom. The predicted octanol–water partition coefficient (Wildman–Crippen LogP) is 3.34. The third-order valence-corrected chi connectivity index (χ3v) is 2.45. The van der Waals surface area contributed by atoms with Crippen LogP contribution in [0.2, 0.25) is 0 Å². The van der Waals surface area contributed by atoms with Gasteiger partial charge in [0.15, 0.2) is 0 Å². The normalized spacial score (nSPS) is 11.0. The quantitative estimate of drug-likeness (QED) is 0.533. The Morgan fingerprint density at radius 1 is 0.933 bits per heavy atom. The first kappa shape index (κ1) is 12.0. The van der Waals surface area contributed by atoms with Crippen LogP contribution in [0.4, 0.5) is 0 Å². The van der Waals surface area contributed by atoms with Crippen LogP contribution in [0.5, 0.6) is 0 Å². The fourth-order valence-corrected chi connectivity index (χ4v) is 1.61. The molecule has 1 rings (SSSR count). The van der Waals surface area contributed by atoms with E-state index in [2.05, 4.69) is 36.4 Å². The molecule has 0 atom stereocenters. The number of hydrogen-bond donors (Lipinski definition) is 1. The molecule has 0 fully saturated rings. The molecule has 0 heterocycles. The highest BCUT2D eigenvalue weighted by atomic mass is 16.2. The first-order valence-electron chi connectivity index (χ1n) is 5.73. The lowest BCUT2D eigenvalue weighted by atomic mass is 10.1. The maximum absolute atomic E-state index is 8.53. The van der Waals surface area contributed by atoms with Gasteiger partial charge in [-0.1, -0.05) is 48.9 Å². The molecule has 1 nitrogen and oxygen atoms in total. The lowest BCUT2D eigenvalue weighted by molar-refractivity contribution is 0.342. The monoisotopic (exact) mass is 204 g/mol. The van der Waals surface area contributed by atoms with Crippen molar-refractivity contribution in [1.29, 1.82) is 0 Å². The van der Waals surface area contributed by atoms with Crippen LogP contribution in [0.25, 0.3) is 0 Å². The molecule has 82 valence electrons. The van der Waals surface area contributed by atoms with Crippen LogP contribution < -0.4 is 0 Å². The molecular formula is C14H20O. The molecule has 0 bridgehead atoms. The van der Waals surface area contributed by atoms with Crippen molar-refractivity contribution in [3.05, 3.63) is 48.0 Å². The Hall–Kier alpha value is -1.08. The van der Waals surface area contributed by atoms with Crippen LogP contribution in [0, 0.1) is 0 Å². The van der Waals surface area contributed by atoms with E-state index in [4.69, 9.17) is 5.11 Å². The zero-order valence-electron chi connectivity index (χ0n) is 9.23. The van der Waals surface area contributed by atoms with Crippen molar-refractivity contribution in [3.63, 3.8) is 0 Å². The molecule has 0 saturated heterocycles. The molecule has 1 heteroatoms. The molecule has 0 aromatic heterocycles. The number of hydrogen-bond acceptors (Lipinski definition) is 1. The van der Waals surface area contributed by atoms with Crippen LogP contribution in [-0.2, 0) is 6.42 Å². The Labute approximate surface area is 92.5 Å². The average molecular weight is 204 g/mol. The van der Waals surface area contributed by atoms with Gasteiger partial charge in [0.2, 0.25) is 0 Å². The summed E-state index contributed by atoms with van der Waals surface area (Å²) < 4.78 is 0. The number of aryl methyl sites for hydroxylation is 1. The lowest BCUT2D eigenvalue weighted by Crippen LogP contribution is -1.84. The van der Waals surface area contributed by atoms with Crippen LogP contribution in [0.15, 0.2) is 42.5 Å². The second kappa shape index (κ2) is 8.25.